The van der Waals surface area contributed by atoms with E-state index in [9.17, 15) is 19.7 Å². The summed E-state index contributed by atoms with van der Waals surface area (Å²) in [5.41, 5.74) is 1.63. The fraction of sp³-hybridized carbons (Fsp3) is 0.440. The van der Waals surface area contributed by atoms with Gasteiger partial charge in [-0.2, -0.15) is 0 Å². The van der Waals surface area contributed by atoms with Gasteiger partial charge in [0, 0.05) is 30.4 Å². The van der Waals surface area contributed by atoms with E-state index in [0.717, 1.165) is 58.0 Å². The molecular formula is C25H29N3O5. The Kier molecular flexibility index (Phi) is 7.22. The van der Waals surface area contributed by atoms with Crippen LogP contribution in [0.5, 0.6) is 0 Å². The van der Waals surface area contributed by atoms with Crippen molar-refractivity contribution < 1.29 is 19.2 Å². The molecule has 0 radical (unpaired) electrons. The zero-order valence-electron chi connectivity index (χ0n) is 18.6. The number of anilines is 2. The number of benzene rings is 2. The lowest BCUT2D eigenvalue weighted by Crippen LogP contribution is -2.30. The molecule has 0 atom stereocenters. The van der Waals surface area contributed by atoms with Gasteiger partial charge in [0.05, 0.1) is 10.5 Å². The van der Waals surface area contributed by atoms with Gasteiger partial charge in [0.25, 0.3) is 11.6 Å². The Bertz CT molecular complexity index is 1010. The average molecular weight is 452 g/mol. The van der Waals surface area contributed by atoms with E-state index in [-0.39, 0.29) is 23.3 Å². The van der Waals surface area contributed by atoms with Crippen LogP contribution >= 0.6 is 0 Å². The first kappa shape index (κ1) is 22.8. The van der Waals surface area contributed by atoms with Crippen LogP contribution in [0.1, 0.15) is 72.1 Å². The van der Waals surface area contributed by atoms with Crippen molar-refractivity contribution in [2.24, 2.45) is 0 Å². The summed E-state index contributed by atoms with van der Waals surface area (Å²) in [6.07, 6.45) is 8.28. The molecule has 1 heterocycles. The van der Waals surface area contributed by atoms with Crippen molar-refractivity contribution in [2.75, 3.05) is 23.3 Å². The number of nitro benzene ring substituents is 1. The predicted octanol–water partition coefficient (Wildman–Crippen LogP) is 5.33. The number of piperidine rings is 1. The highest BCUT2D eigenvalue weighted by Crippen LogP contribution is 2.31. The second-order valence-corrected chi connectivity index (χ2v) is 8.71. The van der Waals surface area contributed by atoms with Crippen molar-refractivity contribution in [1.29, 1.82) is 0 Å². The third-order valence-electron chi connectivity index (χ3n) is 6.34. The Hall–Kier alpha value is -3.42. The number of rotatable bonds is 6. The largest absolute Gasteiger partial charge is 0.459 e. The maximum atomic E-state index is 12.7. The Morgan fingerprint density at radius 3 is 2.21 bits per heavy atom. The van der Waals surface area contributed by atoms with Crippen molar-refractivity contribution >= 4 is 28.9 Å². The summed E-state index contributed by atoms with van der Waals surface area (Å²) in [6, 6.07) is 11.1. The van der Waals surface area contributed by atoms with Crippen LogP contribution in [0.3, 0.4) is 0 Å². The summed E-state index contributed by atoms with van der Waals surface area (Å²) in [6.45, 7) is 1.56. The minimum Gasteiger partial charge on any atom is -0.459 e. The fourth-order valence-electron chi connectivity index (χ4n) is 4.51. The molecule has 2 fully saturated rings. The maximum Gasteiger partial charge on any atom is 0.338 e. The van der Waals surface area contributed by atoms with Gasteiger partial charge in [-0.1, -0.05) is 6.42 Å². The molecule has 8 nitrogen and oxygen atoms in total. The minimum absolute atomic E-state index is 0.0191. The van der Waals surface area contributed by atoms with Crippen LogP contribution in [0, 0.1) is 10.1 Å². The first-order valence-electron chi connectivity index (χ1n) is 11.7. The molecule has 1 aliphatic heterocycles. The number of carbonyl (C=O) groups excluding carboxylic acids is 2. The van der Waals surface area contributed by atoms with E-state index in [0.29, 0.717) is 16.9 Å². The van der Waals surface area contributed by atoms with Crippen LogP contribution < -0.4 is 10.2 Å². The van der Waals surface area contributed by atoms with Crippen LogP contribution in [0.4, 0.5) is 17.1 Å². The first-order valence-corrected chi connectivity index (χ1v) is 11.7. The molecule has 0 spiro atoms. The van der Waals surface area contributed by atoms with Gasteiger partial charge in [0.1, 0.15) is 11.8 Å². The van der Waals surface area contributed by atoms with Gasteiger partial charge in [-0.25, -0.2) is 4.79 Å². The molecule has 4 rings (SSSR count). The quantitative estimate of drug-likeness (QED) is 0.362. The van der Waals surface area contributed by atoms with E-state index in [2.05, 4.69) is 5.32 Å². The average Bonchev–Trinajstić information content (AvgIpc) is 2.85. The predicted molar refractivity (Wildman–Crippen MR) is 126 cm³/mol. The smallest absolute Gasteiger partial charge is 0.338 e. The van der Waals surface area contributed by atoms with Crippen molar-refractivity contribution in [2.45, 2.75) is 57.5 Å². The van der Waals surface area contributed by atoms with Crippen LogP contribution in [-0.2, 0) is 4.74 Å². The third-order valence-corrected chi connectivity index (χ3v) is 6.34. The highest BCUT2D eigenvalue weighted by atomic mass is 16.6. The summed E-state index contributed by atoms with van der Waals surface area (Å²) < 4.78 is 5.57. The molecule has 0 aromatic heterocycles. The van der Waals surface area contributed by atoms with Crippen LogP contribution in [0.2, 0.25) is 0 Å². The van der Waals surface area contributed by atoms with Crippen LogP contribution in [0.15, 0.2) is 42.5 Å². The minimum atomic E-state index is -0.444. The number of ether oxygens (including phenoxy) is 1. The first-order chi connectivity index (χ1) is 16.0. The maximum absolute atomic E-state index is 12.7. The second kappa shape index (κ2) is 10.5. The highest BCUT2D eigenvalue weighted by Gasteiger charge is 2.23. The zero-order chi connectivity index (χ0) is 23.2. The zero-order valence-corrected chi connectivity index (χ0v) is 18.6. The van der Waals surface area contributed by atoms with Crippen molar-refractivity contribution in [3.63, 3.8) is 0 Å². The lowest BCUT2D eigenvalue weighted by atomic mass is 9.98. The molecule has 0 bridgehead atoms. The molecule has 1 saturated carbocycles. The number of hydrogen-bond acceptors (Lipinski definition) is 6. The molecular weight excluding hydrogens is 422 g/mol. The van der Waals surface area contributed by atoms with Gasteiger partial charge in [0.2, 0.25) is 0 Å². The lowest BCUT2D eigenvalue weighted by molar-refractivity contribution is -0.384. The number of nitrogens with zero attached hydrogens (tertiary/aromatic N) is 2. The molecule has 33 heavy (non-hydrogen) atoms. The van der Waals surface area contributed by atoms with E-state index >= 15 is 0 Å². The standard InChI is InChI=1S/C25H29N3O5/c29-24(19-11-14-22(23(17-19)28(31)32)27-15-5-2-6-16-27)26-20-12-9-18(10-13-20)25(30)33-21-7-3-1-4-8-21/h9-14,17,21H,1-8,15-16H2,(H,26,29). The SMILES string of the molecule is O=C(Nc1ccc(C(=O)OC2CCCCC2)cc1)c1ccc(N2CCCCC2)c([N+](=O)[O-])c1. The summed E-state index contributed by atoms with van der Waals surface area (Å²) in [4.78, 5) is 38.3. The topological polar surface area (TPSA) is 102 Å². The number of carbonyl (C=O) groups is 2. The summed E-state index contributed by atoms with van der Waals surface area (Å²) in [5, 5.41) is 14.4. The number of nitrogens with one attached hydrogen (secondary N) is 1. The third kappa shape index (κ3) is 5.69. The molecule has 174 valence electrons. The molecule has 2 aromatic carbocycles. The number of esters is 1. The Morgan fingerprint density at radius 2 is 1.55 bits per heavy atom. The van der Waals surface area contributed by atoms with Crippen molar-refractivity contribution in [1.82, 2.24) is 0 Å². The second-order valence-electron chi connectivity index (χ2n) is 8.71. The van der Waals surface area contributed by atoms with Crippen molar-refractivity contribution in [3.05, 3.63) is 63.7 Å². The normalized spacial score (nSPS) is 16.8. The molecule has 8 heteroatoms. The van der Waals surface area contributed by atoms with Crippen LogP contribution in [-0.4, -0.2) is 36.0 Å². The van der Waals surface area contributed by atoms with Gasteiger partial charge in [-0.15, -0.1) is 0 Å². The van der Waals surface area contributed by atoms with E-state index in [1.54, 1.807) is 36.4 Å². The molecule has 0 unspecified atom stereocenters. The summed E-state index contributed by atoms with van der Waals surface area (Å²) in [7, 11) is 0. The Morgan fingerprint density at radius 1 is 0.909 bits per heavy atom. The van der Waals surface area contributed by atoms with Crippen molar-refractivity contribution in [3.8, 4) is 0 Å². The fourth-order valence-corrected chi connectivity index (χ4v) is 4.51. The number of amides is 1. The Balaban J connectivity index is 1.41. The van der Waals surface area contributed by atoms with E-state index in [4.69, 9.17) is 4.74 Å². The van der Waals surface area contributed by atoms with Crippen LogP contribution in [0.25, 0.3) is 0 Å². The molecule has 1 aliphatic carbocycles. The van der Waals surface area contributed by atoms with Gasteiger partial charge in [-0.3, -0.25) is 14.9 Å². The summed E-state index contributed by atoms with van der Waals surface area (Å²) >= 11 is 0. The molecule has 1 amide bonds. The van der Waals surface area contributed by atoms with Gasteiger partial charge >= 0.3 is 5.97 Å². The number of hydrogen-bond donors (Lipinski definition) is 1. The van der Waals surface area contributed by atoms with E-state index in [1.165, 1.54) is 12.5 Å². The summed E-state index contributed by atoms with van der Waals surface area (Å²) in [5.74, 6) is -0.801. The van der Waals surface area contributed by atoms with E-state index < -0.39 is 10.8 Å². The monoisotopic (exact) mass is 451 g/mol. The van der Waals surface area contributed by atoms with Gasteiger partial charge < -0.3 is 15.0 Å². The number of nitro groups is 1. The van der Waals surface area contributed by atoms with E-state index in [1.807, 2.05) is 4.90 Å². The Labute approximate surface area is 193 Å². The van der Waals surface area contributed by atoms with Gasteiger partial charge in [0.15, 0.2) is 0 Å². The molecule has 2 aliphatic rings. The molecule has 2 aromatic rings. The van der Waals surface area contributed by atoms with Gasteiger partial charge in [-0.05, 0) is 81.3 Å². The molecule has 1 N–H and O–H groups in total. The lowest BCUT2D eigenvalue weighted by Gasteiger charge is -2.28. The highest BCUT2D eigenvalue weighted by molar-refractivity contribution is 6.05. The molecule has 1 saturated heterocycles.